The van der Waals surface area contributed by atoms with E-state index in [2.05, 4.69) is 45.2 Å². The number of pyridine rings is 2. The highest BCUT2D eigenvalue weighted by molar-refractivity contribution is 7.38. The van der Waals surface area contributed by atoms with Gasteiger partial charge in [-0.3, -0.25) is 9.80 Å². The second kappa shape index (κ2) is 14.0. The summed E-state index contributed by atoms with van der Waals surface area (Å²) in [6, 6.07) is 17.5. The van der Waals surface area contributed by atoms with Crippen molar-refractivity contribution in [3.63, 3.8) is 0 Å². The molecule has 0 spiro atoms. The first-order valence-corrected chi connectivity index (χ1v) is 17.1. The van der Waals surface area contributed by atoms with Crippen molar-refractivity contribution in [3.05, 3.63) is 72.7 Å². The van der Waals surface area contributed by atoms with Gasteiger partial charge in [-0.1, -0.05) is 26.8 Å². The van der Waals surface area contributed by atoms with Crippen molar-refractivity contribution in [2.45, 2.75) is 38.0 Å². The monoisotopic (exact) mass is 640 g/mol. The summed E-state index contributed by atoms with van der Waals surface area (Å²) in [6.07, 6.45) is 7.36. The fraction of sp³-hybridized carbons (Fsp3) is 0.412. The van der Waals surface area contributed by atoms with E-state index in [0.29, 0.717) is 29.5 Å². The maximum absolute atomic E-state index is 13.2. The van der Waals surface area contributed by atoms with Crippen LogP contribution in [0.2, 0.25) is 0 Å². The van der Waals surface area contributed by atoms with Gasteiger partial charge < -0.3 is 19.7 Å². The minimum absolute atomic E-state index is 0.415. The van der Waals surface area contributed by atoms with Crippen LogP contribution in [-0.4, -0.2) is 94.5 Å². The Morgan fingerprint density at radius 2 is 1.91 bits per heavy atom. The predicted molar refractivity (Wildman–Crippen MR) is 181 cm³/mol. The van der Waals surface area contributed by atoms with Gasteiger partial charge in [0.05, 0.1) is 35.6 Å². The molecule has 0 radical (unpaired) electrons. The molecule has 240 valence electrons. The summed E-state index contributed by atoms with van der Waals surface area (Å²) >= 11 is 0. The minimum Gasteiger partial charge on any atom is -0.492 e. The van der Waals surface area contributed by atoms with E-state index < -0.39 is 11.6 Å². The van der Waals surface area contributed by atoms with Gasteiger partial charge in [0, 0.05) is 62.1 Å². The van der Waals surface area contributed by atoms with Gasteiger partial charge in [0.1, 0.15) is 23.4 Å². The second-order valence-corrected chi connectivity index (χ2v) is 13.6. The molecule has 11 nitrogen and oxygen atoms in total. The molecule has 2 fully saturated rings. The second-order valence-electron chi connectivity index (χ2n) is 12.1. The SMILES string of the molecule is CCOc1cc(-c2ccc(N3CCC(CN4CCN(C)[C@@H](C)PC4)(NC(=O)Oc4ccccc4)CC3)nc2)c2c(C#N)cnn2c1. The zero-order valence-electron chi connectivity index (χ0n) is 26.6. The van der Waals surface area contributed by atoms with Crippen LogP contribution in [0.5, 0.6) is 11.5 Å². The van der Waals surface area contributed by atoms with Crippen LogP contribution >= 0.6 is 8.58 Å². The molecule has 2 saturated heterocycles. The number of benzene rings is 1. The van der Waals surface area contributed by atoms with E-state index >= 15 is 0 Å². The summed E-state index contributed by atoms with van der Waals surface area (Å²) in [5, 5.41) is 17.4. The zero-order valence-corrected chi connectivity index (χ0v) is 27.6. The van der Waals surface area contributed by atoms with Crippen LogP contribution in [-0.2, 0) is 0 Å². The van der Waals surface area contributed by atoms with Crippen molar-refractivity contribution < 1.29 is 14.3 Å². The molecule has 2 aliphatic rings. The molecule has 2 atom stereocenters. The molecule has 1 aromatic carbocycles. The van der Waals surface area contributed by atoms with Crippen LogP contribution in [0, 0.1) is 11.3 Å². The number of ether oxygens (including phenoxy) is 2. The summed E-state index contributed by atoms with van der Waals surface area (Å²) in [7, 11) is 3.01. The van der Waals surface area contributed by atoms with Crippen molar-refractivity contribution >= 4 is 26.0 Å². The van der Waals surface area contributed by atoms with Crippen LogP contribution in [0.4, 0.5) is 10.6 Å². The lowest BCUT2D eigenvalue weighted by Crippen LogP contribution is -2.61. The highest BCUT2D eigenvalue weighted by Crippen LogP contribution is 2.34. The quantitative estimate of drug-likeness (QED) is 0.265. The summed E-state index contributed by atoms with van der Waals surface area (Å²) in [5.41, 5.74) is 2.53. The number of rotatable bonds is 8. The molecule has 1 unspecified atom stereocenters. The summed E-state index contributed by atoms with van der Waals surface area (Å²) < 4.78 is 13.1. The Bertz CT molecular complexity index is 1670. The first-order valence-electron chi connectivity index (χ1n) is 15.8. The summed E-state index contributed by atoms with van der Waals surface area (Å²) in [5.74, 6) is 2.65. The van der Waals surface area contributed by atoms with Crippen molar-refractivity contribution in [2.75, 3.05) is 57.6 Å². The summed E-state index contributed by atoms with van der Waals surface area (Å²) in [6.45, 7) is 9.01. The third-order valence-electron chi connectivity index (χ3n) is 9.01. The van der Waals surface area contributed by atoms with E-state index in [1.165, 1.54) is 0 Å². The van der Waals surface area contributed by atoms with Crippen molar-refractivity contribution in [1.82, 2.24) is 29.7 Å². The number of nitrogens with zero attached hydrogens (tertiary/aromatic N) is 7. The molecule has 0 saturated carbocycles. The van der Waals surface area contributed by atoms with E-state index in [1.807, 2.05) is 49.5 Å². The molecule has 6 rings (SSSR count). The number of aromatic nitrogens is 3. The molecule has 2 aliphatic heterocycles. The summed E-state index contributed by atoms with van der Waals surface area (Å²) in [4.78, 5) is 25.2. The number of nitrogens with one attached hydrogen (secondary N) is 1. The maximum Gasteiger partial charge on any atom is 0.413 e. The van der Waals surface area contributed by atoms with Crippen LogP contribution < -0.4 is 19.7 Å². The highest BCUT2D eigenvalue weighted by atomic mass is 31.1. The fourth-order valence-corrected chi connectivity index (χ4v) is 7.49. The Kier molecular flexibility index (Phi) is 9.69. The average Bonchev–Trinajstić information content (AvgIpc) is 3.42. The lowest BCUT2D eigenvalue weighted by Gasteiger charge is -2.44. The molecule has 5 heterocycles. The molecule has 46 heavy (non-hydrogen) atoms. The number of hydrogen-bond donors (Lipinski definition) is 1. The first kappa shape index (κ1) is 31.7. The molecular weight excluding hydrogens is 599 g/mol. The Morgan fingerprint density at radius 3 is 2.63 bits per heavy atom. The number of likely N-dealkylation sites (N-methyl/N-ethyl adjacent to an activating group) is 1. The topological polar surface area (TPSA) is 111 Å². The van der Waals surface area contributed by atoms with Crippen molar-refractivity contribution in [3.8, 4) is 28.7 Å². The minimum atomic E-state index is -0.417. The third kappa shape index (κ3) is 7.10. The smallest absolute Gasteiger partial charge is 0.413 e. The average molecular weight is 641 g/mol. The standard InChI is InChI=1S/C34H41N8O3P/c1-4-44-29-18-30(32-27(19-35)21-37-42(32)22-29)26-10-11-31(36-20-26)41-14-12-34(13-15-41,23-40-17-16-39(3)25(2)46-24-40)38-33(43)45-28-8-6-5-7-9-28/h5-11,18,20-22,25,46H,4,12-17,23-24H2,1-3H3,(H,38,43)/t25-/m1/s1. The van der Waals surface area contributed by atoms with Crippen molar-refractivity contribution in [1.29, 1.82) is 5.26 Å². The predicted octanol–water partition coefficient (Wildman–Crippen LogP) is 5.02. The van der Waals surface area contributed by atoms with Crippen LogP contribution in [0.1, 0.15) is 32.3 Å². The van der Waals surface area contributed by atoms with Gasteiger partial charge in [0.25, 0.3) is 0 Å². The zero-order chi connectivity index (χ0) is 32.1. The molecular formula is C34H41N8O3P. The number of piperidine rings is 1. The lowest BCUT2D eigenvalue weighted by atomic mass is 9.86. The van der Waals surface area contributed by atoms with Gasteiger partial charge in [0.15, 0.2) is 0 Å². The van der Waals surface area contributed by atoms with Crippen molar-refractivity contribution in [2.24, 2.45) is 0 Å². The maximum atomic E-state index is 13.2. The number of nitriles is 1. The van der Waals surface area contributed by atoms with E-state index in [-0.39, 0.29) is 0 Å². The van der Waals surface area contributed by atoms with Gasteiger partial charge in [-0.25, -0.2) is 14.3 Å². The van der Waals surface area contributed by atoms with Crippen LogP contribution in [0.25, 0.3) is 16.6 Å². The van der Waals surface area contributed by atoms with E-state index in [1.54, 1.807) is 29.0 Å². The van der Waals surface area contributed by atoms with Gasteiger partial charge in [-0.2, -0.15) is 10.4 Å². The Balaban J connectivity index is 1.19. The molecule has 1 amide bonds. The Morgan fingerprint density at radius 1 is 1.11 bits per heavy atom. The number of carbonyl (C=O) groups is 1. The first-order chi connectivity index (χ1) is 22.4. The van der Waals surface area contributed by atoms with E-state index in [9.17, 15) is 10.1 Å². The molecule has 1 N–H and O–H groups in total. The van der Waals surface area contributed by atoms with E-state index in [0.717, 1.165) is 82.9 Å². The van der Waals surface area contributed by atoms with Crippen LogP contribution in [0.15, 0.2) is 67.1 Å². The molecule has 3 aromatic heterocycles. The molecule has 0 bridgehead atoms. The number of carbonyl (C=O) groups excluding carboxylic acids is 1. The number of para-hydroxylation sites is 1. The Labute approximate surface area is 271 Å². The van der Waals surface area contributed by atoms with Gasteiger partial charge in [-0.15, -0.1) is 0 Å². The van der Waals surface area contributed by atoms with Gasteiger partial charge in [-0.05, 0) is 64.1 Å². The van der Waals surface area contributed by atoms with Crippen LogP contribution in [0.3, 0.4) is 0 Å². The van der Waals surface area contributed by atoms with E-state index in [4.69, 9.17) is 14.5 Å². The number of amides is 1. The molecule has 4 aromatic rings. The largest absolute Gasteiger partial charge is 0.492 e. The van der Waals surface area contributed by atoms with Gasteiger partial charge >= 0.3 is 6.09 Å². The van der Waals surface area contributed by atoms with Gasteiger partial charge in [0.2, 0.25) is 0 Å². The fourth-order valence-electron chi connectivity index (χ4n) is 6.25. The Hall–Kier alpha value is -4.23. The normalized spacial score (nSPS) is 19.4. The number of fused-ring (bicyclic) bond motifs is 1. The third-order valence-corrected chi connectivity index (χ3v) is 10.7. The lowest BCUT2D eigenvalue weighted by molar-refractivity contribution is 0.142. The molecule has 12 heteroatoms. The number of hydrogen-bond acceptors (Lipinski definition) is 9. The molecule has 0 aliphatic carbocycles. The highest BCUT2D eigenvalue weighted by Gasteiger charge is 2.39. The number of anilines is 1.